The van der Waals surface area contributed by atoms with Crippen LogP contribution in [0.5, 0.6) is 0 Å². The fourth-order valence-electron chi connectivity index (χ4n) is 2.37. The Morgan fingerprint density at radius 3 is 2.89 bits per heavy atom. The first-order valence-corrected chi connectivity index (χ1v) is 6.00. The summed E-state index contributed by atoms with van der Waals surface area (Å²) in [6.45, 7) is 0.365. The lowest BCUT2D eigenvalue weighted by molar-refractivity contribution is -0.147. The van der Waals surface area contributed by atoms with Gasteiger partial charge in [0, 0.05) is 12.7 Å². The van der Waals surface area contributed by atoms with Gasteiger partial charge in [-0.25, -0.2) is 4.98 Å². The average Bonchev–Trinajstić information content (AvgIpc) is 2.87. The first-order valence-electron chi connectivity index (χ1n) is 6.00. The van der Waals surface area contributed by atoms with Crippen molar-refractivity contribution in [2.75, 3.05) is 11.9 Å². The van der Waals surface area contributed by atoms with Gasteiger partial charge in [-0.05, 0) is 25.0 Å². The van der Waals surface area contributed by atoms with Crippen molar-refractivity contribution in [1.29, 1.82) is 5.26 Å². The minimum absolute atomic E-state index is 0.365. The van der Waals surface area contributed by atoms with Crippen LogP contribution in [-0.2, 0) is 4.79 Å². The molecule has 1 aromatic rings. The van der Waals surface area contributed by atoms with E-state index in [1.807, 2.05) is 6.07 Å². The molecule has 0 aliphatic heterocycles. The lowest BCUT2D eigenvalue weighted by atomic mass is 9.86. The molecular weight excluding hydrogens is 230 g/mol. The molecule has 94 valence electrons. The Morgan fingerprint density at radius 1 is 1.56 bits per heavy atom. The molecule has 1 fully saturated rings. The van der Waals surface area contributed by atoms with Gasteiger partial charge < -0.3 is 10.4 Å². The molecule has 0 bridgehead atoms. The van der Waals surface area contributed by atoms with Crippen molar-refractivity contribution in [2.45, 2.75) is 25.7 Å². The normalized spacial score (nSPS) is 17.1. The standard InChI is InChI=1S/C13H15N3O2/c14-8-10-3-6-15-11(7-10)16-9-13(12(17)18)4-1-2-5-13/h3,6-7H,1-2,4-5,9H2,(H,15,16)(H,17,18). The van der Waals surface area contributed by atoms with E-state index in [-0.39, 0.29) is 0 Å². The molecule has 2 N–H and O–H groups in total. The minimum atomic E-state index is -0.746. The van der Waals surface area contributed by atoms with Crippen molar-refractivity contribution in [3.8, 4) is 6.07 Å². The fourth-order valence-corrected chi connectivity index (χ4v) is 2.37. The van der Waals surface area contributed by atoms with Crippen molar-refractivity contribution < 1.29 is 9.90 Å². The number of hydrogen-bond donors (Lipinski definition) is 2. The Bertz CT molecular complexity index is 487. The lowest BCUT2D eigenvalue weighted by Crippen LogP contribution is -2.35. The summed E-state index contributed by atoms with van der Waals surface area (Å²) in [5, 5.41) is 21.2. The number of aromatic nitrogens is 1. The second-order valence-corrected chi connectivity index (χ2v) is 4.69. The van der Waals surface area contributed by atoms with Crippen LogP contribution in [0.2, 0.25) is 0 Å². The highest BCUT2D eigenvalue weighted by molar-refractivity contribution is 5.75. The molecule has 1 aromatic heterocycles. The van der Waals surface area contributed by atoms with Crippen molar-refractivity contribution in [2.24, 2.45) is 5.41 Å². The third kappa shape index (κ3) is 2.43. The quantitative estimate of drug-likeness (QED) is 0.847. The summed E-state index contributed by atoms with van der Waals surface area (Å²) in [5.41, 5.74) is -0.159. The van der Waals surface area contributed by atoms with Gasteiger partial charge in [0.25, 0.3) is 0 Å². The molecule has 1 aliphatic rings. The number of rotatable bonds is 4. The van der Waals surface area contributed by atoms with Crippen molar-refractivity contribution in [1.82, 2.24) is 4.98 Å². The predicted octanol–water partition coefficient (Wildman–Crippen LogP) is 2.01. The molecule has 0 unspecified atom stereocenters. The summed E-state index contributed by atoms with van der Waals surface area (Å²) in [5.74, 6) is -0.189. The van der Waals surface area contributed by atoms with Crippen LogP contribution in [0.1, 0.15) is 31.2 Å². The van der Waals surface area contributed by atoms with Gasteiger partial charge in [0.05, 0.1) is 17.0 Å². The zero-order valence-corrected chi connectivity index (χ0v) is 10.0. The van der Waals surface area contributed by atoms with E-state index in [4.69, 9.17) is 5.26 Å². The predicted molar refractivity (Wildman–Crippen MR) is 66.0 cm³/mol. The minimum Gasteiger partial charge on any atom is -0.481 e. The summed E-state index contributed by atoms with van der Waals surface area (Å²) in [6, 6.07) is 5.28. The van der Waals surface area contributed by atoms with E-state index < -0.39 is 11.4 Å². The van der Waals surface area contributed by atoms with E-state index in [1.165, 1.54) is 0 Å². The molecule has 0 spiro atoms. The van der Waals surface area contributed by atoms with Crippen molar-refractivity contribution >= 4 is 11.8 Å². The van der Waals surface area contributed by atoms with E-state index in [0.717, 1.165) is 12.8 Å². The summed E-state index contributed by atoms with van der Waals surface area (Å²) >= 11 is 0. The first kappa shape index (κ1) is 12.4. The van der Waals surface area contributed by atoms with Gasteiger partial charge in [0.2, 0.25) is 0 Å². The summed E-state index contributed by atoms with van der Waals surface area (Å²) in [6.07, 6.45) is 4.86. The van der Waals surface area contributed by atoms with E-state index in [0.29, 0.717) is 30.8 Å². The third-order valence-electron chi connectivity index (χ3n) is 3.51. The number of carboxylic acids is 1. The van der Waals surface area contributed by atoms with Crippen LogP contribution in [0.4, 0.5) is 5.82 Å². The summed E-state index contributed by atoms with van der Waals surface area (Å²) in [4.78, 5) is 15.4. The van der Waals surface area contributed by atoms with E-state index in [1.54, 1.807) is 18.3 Å². The number of nitrogens with one attached hydrogen (secondary N) is 1. The number of carbonyl (C=O) groups is 1. The SMILES string of the molecule is N#Cc1ccnc(NCC2(C(=O)O)CCCC2)c1. The topological polar surface area (TPSA) is 86.0 Å². The van der Waals surface area contributed by atoms with Gasteiger partial charge in [-0.3, -0.25) is 4.79 Å². The van der Waals surface area contributed by atoms with Gasteiger partial charge in [0.15, 0.2) is 0 Å². The number of pyridine rings is 1. The number of nitriles is 1. The second kappa shape index (κ2) is 5.05. The number of carboxylic acid groups (broad SMARTS) is 1. The van der Waals surface area contributed by atoms with Crippen molar-refractivity contribution in [3.63, 3.8) is 0 Å². The molecular formula is C13H15N3O2. The third-order valence-corrected chi connectivity index (χ3v) is 3.51. The Hall–Kier alpha value is -2.09. The molecule has 1 saturated carbocycles. The second-order valence-electron chi connectivity index (χ2n) is 4.69. The molecule has 0 saturated heterocycles. The van der Waals surface area contributed by atoms with Crippen LogP contribution in [0, 0.1) is 16.7 Å². The van der Waals surface area contributed by atoms with Gasteiger partial charge in [0.1, 0.15) is 5.82 Å². The van der Waals surface area contributed by atoms with E-state index in [9.17, 15) is 9.90 Å². The van der Waals surface area contributed by atoms with Crippen molar-refractivity contribution in [3.05, 3.63) is 23.9 Å². The number of aliphatic carboxylic acids is 1. The maximum atomic E-state index is 11.4. The number of anilines is 1. The molecule has 1 aliphatic carbocycles. The van der Waals surface area contributed by atoms with Gasteiger partial charge in [-0.15, -0.1) is 0 Å². The van der Waals surface area contributed by atoms with Crippen LogP contribution >= 0.6 is 0 Å². The highest BCUT2D eigenvalue weighted by Gasteiger charge is 2.41. The Morgan fingerprint density at radius 2 is 2.28 bits per heavy atom. The highest BCUT2D eigenvalue weighted by atomic mass is 16.4. The molecule has 0 aromatic carbocycles. The maximum absolute atomic E-state index is 11.4. The fraction of sp³-hybridized carbons (Fsp3) is 0.462. The largest absolute Gasteiger partial charge is 0.481 e. The van der Waals surface area contributed by atoms with E-state index in [2.05, 4.69) is 10.3 Å². The summed E-state index contributed by atoms with van der Waals surface area (Å²) < 4.78 is 0. The first-order chi connectivity index (χ1) is 8.66. The summed E-state index contributed by atoms with van der Waals surface area (Å²) in [7, 11) is 0. The van der Waals surface area contributed by atoms with Crippen LogP contribution < -0.4 is 5.32 Å². The van der Waals surface area contributed by atoms with Gasteiger partial charge in [-0.2, -0.15) is 5.26 Å². The number of hydrogen-bond acceptors (Lipinski definition) is 4. The molecule has 18 heavy (non-hydrogen) atoms. The Kier molecular flexibility index (Phi) is 3.47. The highest BCUT2D eigenvalue weighted by Crippen LogP contribution is 2.38. The van der Waals surface area contributed by atoms with Crippen LogP contribution in [-0.4, -0.2) is 22.6 Å². The van der Waals surface area contributed by atoms with Crippen LogP contribution in [0.25, 0.3) is 0 Å². The van der Waals surface area contributed by atoms with Gasteiger partial charge in [-0.1, -0.05) is 12.8 Å². The lowest BCUT2D eigenvalue weighted by Gasteiger charge is -2.24. The monoisotopic (exact) mass is 245 g/mol. The molecule has 0 atom stereocenters. The van der Waals surface area contributed by atoms with Gasteiger partial charge >= 0.3 is 5.97 Å². The zero-order chi connectivity index (χ0) is 13.0. The molecule has 1 heterocycles. The zero-order valence-electron chi connectivity index (χ0n) is 10.0. The molecule has 5 heteroatoms. The Balaban J connectivity index is 2.06. The molecule has 5 nitrogen and oxygen atoms in total. The maximum Gasteiger partial charge on any atom is 0.311 e. The smallest absolute Gasteiger partial charge is 0.311 e. The molecule has 2 rings (SSSR count). The van der Waals surface area contributed by atoms with Crippen LogP contribution in [0.3, 0.4) is 0 Å². The Labute approximate surface area is 105 Å². The molecule has 0 radical (unpaired) electrons. The molecule has 0 amide bonds. The average molecular weight is 245 g/mol. The van der Waals surface area contributed by atoms with E-state index >= 15 is 0 Å². The van der Waals surface area contributed by atoms with Crippen LogP contribution in [0.15, 0.2) is 18.3 Å². The number of nitrogens with zero attached hydrogens (tertiary/aromatic N) is 2.